The van der Waals surface area contributed by atoms with Crippen LogP contribution in [0.3, 0.4) is 0 Å². The normalized spacial score (nSPS) is 21.1. The van der Waals surface area contributed by atoms with E-state index in [0.717, 1.165) is 25.8 Å². The fourth-order valence-electron chi connectivity index (χ4n) is 1.39. The van der Waals surface area contributed by atoms with E-state index in [1.54, 1.807) is 0 Å². The molecule has 1 heterocycles. The molecule has 0 saturated carbocycles. The summed E-state index contributed by atoms with van der Waals surface area (Å²) in [4.78, 5) is 12.4. The van der Waals surface area contributed by atoms with E-state index in [2.05, 4.69) is 0 Å². The van der Waals surface area contributed by atoms with Gasteiger partial charge in [-0.2, -0.15) is 0 Å². The van der Waals surface area contributed by atoms with Crippen molar-refractivity contribution < 1.29 is 9.90 Å². The summed E-state index contributed by atoms with van der Waals surface area (Å²) < 4.78 is 0. The molecule has 0 aromatic heterocycles. The summed E-state index contributed by atoms with van der Waals surface area (Å²) in [6.07, 6.45) is 3.01. The third-order valence-corrected chi connectivity index (χ3v) is 2.06. The lowest BCUT2D eigenvalue weighted by atomic mass is 10.0. The number of carbonyl (C=O) groups is 1. The first-order chi connectivity index (χ1) is 6.72. The van der Waals surface area contributed by atoms with Crippen molar-refractivity contribution in [2.24, 2.45) is 0 Å². The second kappa shape index (κ2) is 10.5. The highest BCUT2D eigenvalue weighted by atomic mass is 16.4. The van der Waals surface area contributed by atoms with E-state index in [0.29, 0.717) is 0 Å². The largest absolute Gasteiger partial charge is 0.480 e. The Morgan fingerprint density at radius 2 is 1.71 bits per heavy atom. The summed E-state index contributed by atoms with van der Waals surface area (Å²) in [5.74, 6) is -0.679. The molecule has 3 heteroatoms. The van der Waals surface area contributed by atoms with E-state index < -0.39 is 5.97 Å². The lowest BCUT2D eigenvalue weighted by molar-refractivity contribution is -0.143. The van der Waals surface area contributed by atoms with E-state index >= 15 is 0 Å². The summed E-state index contributed by atoms with van der Waals surface area (Å²) in [6.45, 7) is 8.93. The molecule has 0 amide bonds. The van der Waals surface area contributed by atoms with Gasteiger partial charge in [-0.25, -0.2) is 0 Å². The number of aliphatic carboxylic acids is 1. The van der Waals surface area contributed by atoms with Crippen molar-refractivity contribution in [3.05, 3.63) is 0 Å². The van der Waals surface area contributed by atoms with Gasteiger partial charge in [-0.1, -0.05) is 34.1 Å². The van der Waals surface area contributed by atoms with Gasteiger partial charge in [0.05, 0.1) is 0 Å². The van der Waals surface area contributed by atoms with Gasteiger partial charge in [0, 0.05) is 0 Å². The number of nitrogens with zero attached hydrogens (tertiary/aromatic N) is 1. The van der Waals surface area contributed by atoms with Gasteiger partial charge in [-0.3, -0.25) is 9.69 Å². The van der Waals surface area contributed by atoms with Crippen LogP contribution in [0.5, 0.6) is 0 Å². The lowest BCUT2D eigenvalue weighted by Crippen LogP contribution is -2.41. The predicted octanol–water partition coefficient (Wildman–Crippen LogP) is 2.61. The molecule has 3 nitrogen and oxygen atoms in total. The number of hydrogen-bond donors (Lipinski definition) is 1. The molecule has 1 fully saturated rings. The first-order valence-corrected chi connectivity index (χ1v) is 5.65. The van der Waals surface area contributed by atoms with Crippen molar-refractivity contribution in [2.75, 3.05) is 13.6 Å². The van der Waals surface area contributed by atoms with Crippen LogP contribution in [0.25, 0.3) is 0 Å². The number of carboxylic acid groups (broad SMARTS) is 1. The van der Waals surface area contributed by atoms with E-state index in [4.69, 9.17) is 5.11 Å². The highest BCUT2D eigenvalue weighted by Gasteiger charge is 2.24. The fraction of sp³-hybridized carbons (Fsp3) is 0.909. The Kier molecular flexibility index (Phi) is 11.9. The van der Waals surface area contributed by atoms with Crippen LogP contribution in [0.4, 0.5) is 0 Å². The summed E-state index contributed by atoms with van der Waals surface area (Å²) in [5.41, 5.74) is 0. The third-order valence-electron chi connectivity index (χ3n) is 2.06. The first kappa shape index (κ1) is 15.9. The summed E-state index contributed by atoms with van der Waals surface area (Å²) in [5, 5.41) is 8.67. The molecule has 1 N–H and O–H groups in total. The molecule has 1 atom stereocenters. The van der Waals surface area contributed by atoms with Crippen molar-refractivity contribution in [1.82, 2.24) is 4.90 Å². The van der Waals surface area contributed by atoms with Crippen LogP contribution in [-0.4, -0.2) is 35.6 Å². The van der Waals surface area contributed by atoms with Gasteiger partial charge < -0.3 is 5.11 Å². The number of likely N-dealkylation sites (tertiary alicyclic amines) is 1. The van der Waals surface area contributed by atoms with Crippen molar-refractivity contribution in [3.8, 4) is 0 Å². The topological polar surface area (TPSA) is 40.5 Å². The number of carboxylic acids is 1. The summed E-state index contributed by atoms with van der Waals surface area (Å²) in [7, 11) is 1.87. The molecule has 0 aromatic rings. The van der Waals surface area contributed by atoms with Crippen molar-refractivity contribution in [1.29, 1.82) is 0 Å². The number of rotatable bonds is 1. The molecule has 1 saturated heterocycles. The van der Waals surface area contributed by atoms with Gasteiger partial charge in [-0.15, -0.1) is 0 Å². The van der Waals surface area contributed by atoms with Gasteiger partial charge in [0.15, 0.2) is 0 Å². The van der Waals surface area contributed by atoms with Gasteiger partial charge in [-0.05, 0) is 26.4 Å². The summed E-state index contributed by atoms with van der Waals surface area (Å²) >= 11 is 0. The maximum Gasteiger partial charge on any atom is 0.320 e. The van der Waals surface area contributed by atoms with Crippen LogP contribution < -0.4 is 0 Å². The standard InChI is InChI=1S/C7H13NO2.2C2H6/c1-8-5-3-2-4-6(8)7(9)10;2*1-2/h6H,2-5H2,1H3,(H,9,10);2*1-2H3. The Balaban J connectivity index is 0. The number of hydrogen-bond acceptors (Lipinski definition) is 2. The van der Waals surface area contributed by atoms with Gasteiger partial charge >= 0.3 is 5.97 Å². The maximum atomic E-state index is 10.5. The molecule has 0 radical (unpaired) electrons. The second-order valence-corrected chi connectivity index (χ2v) is 2.83. The highest BCUT2D eigenvalue weighted by molar-refractivity contribution is 5.73. The minimum absolute atomic E-state index is 0.228. The number of likely N-dealkylation sites (N-methyl/N-ethyl adjacent to an activating group) is 1. The average molecular weight is 203 g/mol. The van der Waals surface area contributed by atoms with Gasteiger partial charge in [0.25, 0.3) is 0 Å². The Morgan fingerprint density at radius 1 is 1.21 bits per heavy atom. The van der Waals surface area contributed by atoms with Crippen LogP contribution >= 0.6 is 0 Å². The smallest absolute Gasteiger partial charge is 0.320 e. The van der Waals surface area contributed by atoms with Gasteiger partial charge in [0.1, 0.15) is 6.04 Å². The Labute approximate surface area is 88.1 Å². The van der Waals surface area contributed by atoms with Crippen LogP contribution in [0.2, 0.25) is 0 Å². The maximum absolute atomic E-state index is 10.5. The molecule has 1 rings (SSSR count). The molecule has 1 unspecified atom stereocenters. The molecule has 14 heavy (non-hydrogen) atoms. The number of piperidine rings is 1. The molecule has 0 aromatic carbocycles. The Morgan fingerprint density at radius 3 is 2.00 bits per heavy atom. The van der Waals surface area contributed by atoms with Crippen molar-refractivity contribution in [3.63, 3.8) is 0 Å². The quantitative estimate of drug-likeness (QED) is 0.712. The molecular formula is C11H25NO2. The summed E-state index contributed by atoms with van der Waals surface area (Å²) in [6, 6.07) is -0.228. The van der Waals surface area contributed by atoms with Crippen LogP contribution in [-0.2, 0) is 4.79 Å². The highest BCUT2D eigenvalue weighted by Crippen LogP contribution is 2.14. The van der Waals surface area contributed by atoms with Crippen LogP contribution in [0.15, 0.2) is 0 Å². The molecule has 1 aliphatic heterocycles. The zero-order chi connectivity index (χ0) is 11.6. The first-order valence-electron chi connectivity index (χ1n) is 5.65. The minimum Gasteiger partial charge on any atom is -0.480 e. The SMILES string of the molecule is CC.CC.CN1CCCCC1C(=O)O. The predicted molar refractivity (Wildman–Crippen MR) is 60.6 cm³/mol. The molecule has 86 valence electrons. The fourth-order valence-corrected chi connectivity index (χ4v) is 1.39. The van der Waals surface area contributed by atoms with E-state index in [1.807, 2.05) is 39.6 Å². The lowest BCUT2D eigenvalue weighted by Gasteiger charge is -2.28. The van der Waals surface area contributed by atoms with Crippen LogP contribution in [0.1, 0.15) is 47.0 Å². The molecular weight excluding hydrogens is 178 g/mol. The van der Waals surface area contributed by atoms with Crippen LogP contribution in [0, 0.1) is 0 Å². The molecule has 1 aliphatic rings. The average Bonchev–Trinajstić information content (AvgIpc) is 2.24. The van der Waals surface area contributed by atoms with E-state index in [-0.39, 0.29) is 6.04 Å². The van der Waals surface area contributed by atoms with Crippen molar-refractivity contribution >= 4 is 5.97 Å². The molecule has 0 aliphatic carbocycles. The zero-order valence-corrected chi connectivity index (χ0v) is 10.2. The van der Waals surface area contributed by atoms with Crippen molar-refractivity contribution in [2.45, 2.75) is 53.0 Å². The van der Waals surface area contributed by atoms with E-state index in [9.17, 15) is 4.79 Å². The Bertz CT molecular complexity index is 137. The van der Waals surface area contributed by atoms with E-state index in [1.165, 1.54) is 0 Å². The van der Waals surface area contributed by atoms with Gasteiger partial charge in [0.2, 0.25) is 0 Å². The second-order valence-electron chi connectivity index (χ2n) is 2.83. The molecule has 0 spiro atoms. The third kappa shape index (κ3) is 5.97. The minimum atomic E-state index is -0.679. The monoisotopic (exact) mass is 203 g/mol. The molecule has 0 bridgehead atoms. The Hall–Kier alpha value is -0.570. The zero-order valence-electron chi connectivity index (χ0n) is 10.2.